The number of hydrogen-bond donors (Lipinski definition) is 0. The minimum Gasteiger partial charge on any atom is -0.303 e. The molecular formula is C22H28F2N4S. The third-order valence-electron chi connectivity index (χ3n) is 5.83. The van der Waals surface area contributed by atoms with E-state index in [9.17, 15) is 8.78 Å². The van der Waals surface area contributed by atoms with Gasteiger partial charge in [0.05, 0.1) is 0 Å². The molecule has 0 aliphatic carbocycles. The Kier molecular flexibility index (Phi) is 7.11. The van der Waals surface area contributed by atoms with Gasteiger partial charge in [-0.1, -0.05) is 17.8 Å². The van der Waals surface area contributed by atoms with Crippen LogP contribution in [0.3, 0.4) is 0 Å². The molecule has 2 aliphatic rings. The molecular weight excluding hydrogens is 390 g/mol. The van der Waals surface area contributed by atoms with E-state index in [1.807, 2.05) is 12.3 Å². The van der Waals surface area contributed by atoms with Crippen molar-refractivity contribution < 1.29 is 8.78 Å². The first-order valence-corrected chi connectivity index (χ1v) is 11.5. The number of nitrogens with zero attached hydrogens (tertiary/aromatic N) is 4. The Morgan fingerprint density at radius 3 is 2.69 bits per heavy atom. The first-order valence-electron chi connectivity index (χ1n) is 10.5. The van der Waals surface area contributed by atoms with Gasteiger partial charge < -0.3 is 4.90 Å². The fraction of sp³-hybridized carbons (Fsp3) is 0.545. The highest BCUT2D eigenvalue weighted by Crippen LogP contribution is 2.28. The van der Waals surface area contributed by atoms with Crippen molar-refractivity contribution in [3.05, 3.63) is 53.4 Å². The van der Waals surface area contributed by atoms with Crippen LogP contribution in [0.2, 0.25) is 0 Å². The average Bonchev–Trinajstić information content (AvgIpc) is 3.24. The molecule has 4 nitrogen and oxygen atoms in total. The van der Waals surface area contributed by atoms with Crippen molar-refractivity contribution in [1.29, 1.82) is 0 Å². The molecule has 2 fully saturated rings. The van der Waals surface area contributed by atoms with Crippen LogP contribution >= 0.6 is 11.8 Å². The fourth-order valence-electron chi connectivity index (χ4n) is 4.25. The van der Waals surface area contributed by atoms with Crippen LogP contribution in [-0.2, 0) is 6.54 Å². The highest BCUT2D eigenvalue weighted by atomic mass is 32.2. The maximum atomic E-state index is 14.0. The maximum absolute atomic E-state index is 14.0. The molecule has 1 aromatic carbocycles. The van der Waals surface area contributed by atoms with Gasteiger partial charge in [-0.25, -0.2) is 18.7 Å². The minimum absolute atomic E-state index is 0.327. The highest BCUT2D eigenvalue weighted by molar-refractivity contribution is 7.99. The number of thioether (sulfide) groups is 1. The zero-order valence-corrected chi connectivity index (χ0v) is 17.5. The lowest BCUT2D eigenvalue weighted by Gasteiger charge is -2.32. The molecule has 2 saturated heterocycles. The van der Waals surface area contributed by atoms with Crippen molar-refractivity contribution in [3.63, 3.8) is 0 Å². The molecule has 7 heteroatoms. The van der Waals surface area contributed by atoms with Crippen LogP contribution in [0, 0.1) is 11.6 Å². The summed E-state index contributed by atoms with van der Waals surface area (Å²) in [5, 5.41) is 0.850. The Morgan fingerprint density at radius 1 is 1.03 bits per heavy atom. The standard InChI is InChI=1S/C22H28F2N4S/c23-19-6-5-17(20(24)14-19)15-28-11-3-4-18(16-28)21-7-8-25-22(26-21)29-13-12-27-9-1-2-10-27/h5-8,14,18H,1-4,9-13,15-16H2. The zero-order valence-electron chi connectivity index (χ0n) is 16.7. The average molecular weight is 419 g/mol. The lowest BCUT2D eigenvalue weighted by Crippen LogP contribution is -2.34. The van der Waals surface area contributed by atoms with Gasteiger partial charge in [0.15, 0.2) is 5.16 Å². The summed E-state index contributed by atoms with van der Waals surface area (Å²) in [5.41, 5.74) is 1.63. The van der Waals surface area contributed by atoms with Crippen molar-refractivity contribution >= 4 is 11.8 Å². The van der Waals surface area contributed by atoms with Crippen LogP contribution in [0.1, 0.15) is 42.9 Å². The molecule has 29 heavy (non-hydrogen) atoms. The molecule has 4 rings (SSSR count). The van der Waals surface area contributed by atoms with Crippen molar-refractivity contribution in [1.82, 2.24) is 19.8 Å². The zero-order chi connectivity index (χ0) is 20.1. The van der Waals surface area contributed by atoms with Crippen LogP contribution < -0.4 is 0 Å². The summed E-state index contributed by atoms with van der Waals surface area (Å²) in [4.78, 5) is 14.0. The molecule has 1 atom stereocenters. The molecule has 0 N–H and O–H groups in total. The Balaban J connectivity index is 1.33. The second kappa shape index (κ2) is 9.96. The molecule has 1 aromatic heterocycles. The minimum atomic E-state index is -0.529. The molecule has 1 unspecified atom stereocenters. The van der Waals surface area contributed by atoms with Crippen LogP contribution in [0.4, 0.5) is 8.78 Å². The predicted molar refractivity (Wildman–Crippen MR) is 112 cm³/mol. The van der Waals surface area contributed by atoms with Crippen LogP contribution in [0.25, 0.3) is 0 Å². The van der Waals surface area contributed by atoms with Crippen molar-refractivity contribution in [3.8, 4) is 0 Å². The summed E-state index contributed by atoms with van der Waals surface area (Å²) in [6.45, 7) is 5.80. The van der Waals surface area contributed by atoms with Gasteiger partial charge in [0, 0.05) is 54.8 Å². The SMILES string of the molecule is Fc1ccc(CN2CCCC(c3ccnc(SCCN4CCCC4)n3)C2)c(F)c1. The molecule has 0 spiro atoms. The van der Waals surface area contributed by atoms with E-state index >= 15 is 0 Å². The van der Waals surface area contributed by atoms with Gasteiger partial charge in [-0.2, -0.15) is 0 Å². The molecule has 3 heterocycles. The van der Waals surface area contributed by atoms with E-state index < -0.39 is 11.6 Å². The molecule has 0 saturated carbocycles. The summed E-state index contributed by atoms with van der Waals surface area (Å²) in [6.07, 6.45) is 6.62. The van der Waals surface area contributed by atoms with Crippen molar-refractivity contribution in [2.45, 2.75) is 43.3 Å². The van der Waals surface area contributed by atoms with Crippen LogP contribution in [0.5, 0.6) is 0 Å². The Bertz CT molecular complexity index is 813. The van der Waals surface area contributed by atoms with E-state index in [0.29, 0.717) is 18.0 Å². The number of benzene rings is 1. The fourth-order valence-corrected chi connectivity index (χ4v) is 5.09. The monoisotopic (exact) mass is 418 g/mol. The Morgan fingerprint density at radius 2 is 1.86 bits per heavy atom. The smallest absolute Gasteiger partial charge is 0.187 e. The van der Waals surface area contributed by atoms with E-state index in [2.05, 4.69) is 14.8 Å². The second-order valence-corrected chi connectivity index (χ2v) is 9.03. The summed E-state index contributed by atoms with van der Waals surface area (Å²) >= 11 is 1.73. The van der Waals surface area contributed by atoms with Gasteiger partial charge in [0.25, 0.3) is 0 Å². The van der Waals surface area contributed by atoms with Gasteiger partial charge in [0.2, 0.25) is 0 Å². The van der Waals surface area contributed by atoms with Gasteiger partial charge in [-0.3, -0.25) is 4.90 Å². The van der Waals surface area contributed by atoms with Gasteiger partial charge >= 0.3 is 0 Å². The largest absolute Gasteiger partial charge is 0.303 e. The first-order chi connectivity index (χ1) is 14.2. The Hall–Kier alpha value is -1.57. The van der Waals surface area contributed by atoms with Crippen LogP contribution in [0.15, 0.2) is 35.6 Å². The van der Waals surface area contributed by atoms with E-state index in [-0.39, 0.29) is 0 Å². The normalized spacial score (nSPS) is 21.0. The molecule has 0 radical (unpaired) electrons. The summed E-state index contributed by atoms with van der Waals surface area (Å²) < 4.78 is 27.2. The first kappa shape index (κ1) is 20.7. The van der Waals surface area contributed by atoms with Gasteiger partial charge in [-0.15, -0.1) is 0 Å². The van der Waals surface area contributed by atoms with E-state index in [0.717, 1.165) is 55.1 Å². The third-order valence-corrected chi connectivity index (χ3v) is 6.67. The van der Waals surface area contributed by atoms with Crippen molar-refractivity contribution in [2.24, 2.45) is 0 Å². The lowest BCUT2D eigenvalue weighted by molar-refractivity contribution is 0.196. The van der Waals surface area contributed by atoms with E-state index in [4.69, 9.17) is 4.98 Å². The summed E-state index contributed by atoms with van der Waals surface area (Å²) in [6, 6.07) is 5.86. The predicted octanol–water partition coefficient (Wildman–Crippen LogP) is 4.32. The molecule has 2 aromatic rings. The van der Waals surface area contributed by atoms with E-state index in [1.54, 1.807) is 17.8 Å². The molecule has 0 bridgehead atoms. The third kappa shape index (κ3) is 5.74. The lowest BCUT2D eigenvalue weighted by atomic mass is 9.94. The number of likely N-dealkylation sites (tertiary alicyclic amines) is 2. The summed E-state index contributed by atoms with van der Waals surface area (Å²) in [7, 11) is 0. The molecule has 0 amide bonds. The second-order valence-electron chi connectivity index (χ2n) is 7.97. The maximum Gasteiger partial charge on any atom is 0.187 e. The highest BCUT2D eigenvalue weighted by Gasteiger charge is 2.23. The molecule has 156 valence electrons. The topological polar surface area (TPSA) is 32.3 Å². The molecule has 2 aliphatic heterocycles. The van der Waals surface area contributed by atoms with Crippen molar-refractivity contribution in [2.75, 3.05) is 38.5 Å². The van der Waals surface area contributed by atoms with Gasteiger partial charge in [-0.05, 0) is 57.5 Å². The van der Waals surface area contributed by atoms with E-state index in [1.165, 1.54) is 32.0 Å². The number of piperidine rings is 1. The summed E-state index contributed by atoms with van der Waals surface area (Å²) in [5.74, 6) is 0.349. The van der Waals surface area contributed by atoms with Gasteiger partial charge in [0.1, 0.15) is 11.6 Å². The number of rotatable bonds is 7. The quantitative estimate of drug-likeness (QED) is 0.494. The number of halogens is 2. The van der Waals surface area contributed by atoms with Crippen LogP contribution in [-0.4, -0.2) is 58.2 Å². The Labute approximate surface area is 175 Å². The number of hydrogen-bond acceptors (Lipinski definition) is 5. The number of aromatic nitrogens is 2.